The molecule has 0 N–H and O–H groups in total. The van der Waals surface area contributed by atoms with Crippen molar-refractivity contribution in [2.45, 2.75) is 116 Å². The van der Waals surface area contributed by atoms with E-state index in [4.69, 9.17) is 12.8 Å². The van der Waals surface area contributed by atoms with Gasteiger partial charge >= 0.3 is 0 Å². The molecular formula is C34H44Si2. The zero-order valence-corrected chi connectivity index (χ0v) is 26.6. The van der Waals surface area contributed by atoms with Crippen LogP contribution in [0.3, 0.4) is 0 Å². The van der Waals surface area contributed by atoms with E-state index in [1.54, 1.807) is 0 Å². The van der Waals surface area contributed by atoms with Gasteiger partial charge in [-0.1, -0.05) is 107 Å². The third-order valence-corrected chi connectivity index (χ3v) is 20.7. The first-order valence-electron chi connectivity index (χ1n) is 13.2. The van der Waals surface area contributed by atoms with Crippen LogP contribution in [0.25, 0.3) is 0 Å². The summed E-state index contributed by atoms with van der Waals surface area (Å²) in [7, 11) is -3.67. The molecule has 0 saturated carbocycles. The molecule has 0 saturated heterocycles. The van der Waals surface area contributed by atoms with Gasteiger partial charge < -0.3 is 0 Å². The van der Waals surface area contributed by atoms with Crippen LogP contribution in [0.15, 0.2) is 22.3 Å². The number of terminal acetylenes is 2. The standard InChI is InChI=1S/C34H44Si2/c1-15-31-32(16-2)34(22-18-20-24-36(28(9)10,29(11)12)30(13)14)33(31)21-17-19-23-35(25(3)4,26(5)6)27(7)8/h1-2,25-30H,3-14H3. The van der Waals surface area contributed by atoms with Crippen LogP contribution in [0.2, 0.25) is 33.2 Å². The number of hydrogen-bond donors (Lipinski definition) is 0. The first-order valence-corrected chi connectivity index (χ1v) is 17.7. The van der Waals surface area contributed by atoms with Gasteiger partial charge in [-0.15, -0.1) is 23.9 Å². The molecule has 0 bridgehead atoms. The predicted molar refractivity (Wildman–Crippen MR) is 165 cm³/mol. The maximum Gasteiger partial charge on any atom is 0.147 e. The predicted octanol–water partition coefficient (Wildman–Crippen LogP) is 8.31. The molecule has 0 atom stereocenters. The Hall–Kier alpha value is -2.73. The Bertz CT molecular complexity index is 1090. The lowest BCUT2D eigenvalue weighted by Crippen LogP contribution is -2.43. The van der Waals surface area contributed by atoms with Crippen molar-refractivity contribution in [1.29, 1.82) is 0 Å². The Balaban J connectivity index is 3.52. The van der Waals surface area contributed by atoms with E-state index in [0.717, 1.165) is 11.1 Å². The molecule has 1 aliphatic rings. The molecule has 188 valence electrons. The summed E-state index contributed by atoms with van der Waals surface area (Å²) in [5, 5.41) is 0. The summed E-state index contributed by atoms with van der Waals surface area (Å²) in [6.07, 6.45) is 11.5. The van der Waals surface area contributed by atoms with E-state index in [1.165, 1.54) is 0 Å². The molecule has 1 aliphatic carbocycles. The molecular weight excluding hydrogens is 465 g/mol. The van der Waals surface area contributed by atoms with Gasteiger partial charge in [-0.25, -0.2) is 0 Å². The molecule has 0 nitrogen and oxygen atoms in total. The highest BCUT2D eigenvalue weighted by Crippen LogP contribution is 2.41. The molecule has 0 radical (unpaired) electrons. The van der Waals surface area contributed by atoms with E-state index < -0.39 is 16.1 Å². The van der Waals surface area contributed by atoms with Crippen LogP contribution in [0.4, 0.5) is 0 Å². The van der Waals surface area contributed by atoms with Crippen LogP contribution in [-0.2, 0) is 0 Å². The van der Waals surface area contributed by atoms with Gasteiger partial charge in [0.25, 0.3) is 0 Å². The van der Waals surface area contributed by atoms with Gasteiger partial charge in [0.2, 0.25) is 0 Å². The summed E-state index contributed by atoms with van der Waals surface area (Å²) in [6.45, 7) is 27.6. The van der Waals surface area contributed by atoms with E-state index in [-0.39, 0.29) is 0 Å². The minimum atomic E-state index is -1.83. The Morgan fingerprint density at radius 1 is 0.417 bits per heavy atom. The molecule has 0 aromatic rings. The van der Waals surface area contributed by atoms with Crippen LogP contribution in [0.1, 0.15) is 83.1 Å². The maximum atomic E-state index is 5.75. The third-order valence-electron chi connectivity index (χ3n) is 8.08. The minimum absolute atomic E-state index is 0.558. The van der Waals surface area contributed by atoms with Crippen molar-refractivity contribution in [3.05, 3.63) is 22.3 Å². The van der Waals surface area contributed by atoms with Crippen molar-refractivity contribution in [3.8, 4) is 71.3 Å². The summed E-state index contributed by atoms with van der Waals surface area (Å²) in [5.74, 6) is 24.3. The van der Waals surface area contributed by atoms with Crippen LogP contribution < -0.4 is 0 Å². The number of allylic oxidation sites excluding steroid dienone is 4. The summed E-state index contributed by atoms with van der Waals surface area (Å²) in [4.78, 5) is 0. The molecule has 0 amide bonds. The molecule has 0 aromatic heterocycles. The first kappa shape index (κ1) is 31.3. The average molecular weight is 509 g/mol. The Kier molecular flexibility index (Phi) is 11.3. The van der Waals surface area contributed by atoms with E-state index in [1.807, 2.05) is 0 Å². The molecule has 0 fully saturated rings. The summed E-state index contributed by atoms with van der Waals surface area (Å²) in [5.41, 5.74) is 13.4. The molecule has 0 unspecified atom stereocenters. The lowest BCUT2D eigenvalue weighted by molar-refractivity contribution is 0.838. The average Bonchev–Trinajstić information content (AvgIpc) is 2.75. The van der Waals surface area contributed by atoms with Crippen LogP contribution >= 0.6 is 0 Å². The zero-order valence-electron chi connectivity index (χ0n) is 24.6. The summed E-state index contributed by atoms with van der Waals surface area (Å²) < 4.78 is 0. The van der Waals surface area contributed by atoms with Crippen molar-refractivity contribution in [3.63, 3.8) is 0 Å². The quantitative estimate of drug-likeness (QED) is 0.250. The van der Waals surface area contributed by atoms with E-state index in [2.05, 4.69) is 142 Å². The van der Waals surface area contributed by atoms with Crippen molar-refractivity contribution in [1.82, 2.24) is 0 Å². The van der Waals surface area contributed by atoms with E-state index in [0.29, 0.717) is 44.4 Å². The lowest BCUT2D eigenvalue weighted by atomic mass is 9.81. The van der Waals surface area contributed by atoms with Gasteiger partial charge in [-0.2, -0.15) is 0 Å². The topological polar surface area (TPSA) is 0 Å². The molecule has 0 heterocycles. The summed E-state index contributed by atoms with van der Waals surface area (Å²) in [6, 6.07) is 0. The monoisotopic (exact) mass is 508 g/mol. The van der Waals surface area contributed by atoms with Gasteiger partial charge in [0.1, 0.15) is 16.1 Å². The van der Waals surface area contributed by atoms with Gasteiger partial charge in [0.05, 0.1) is 22.3 Å². The SMILES string of the molecule is C#CC1=C(C#C)C(C#CC#C[Si](C(C)C)(C(C)C)C(C)C)=C1C#CC#C[Si](C(C)C)(C(C)C)C(C)C. The van der Waals surface area contributed by atoms with Gasteiger partial charge in [-0.05, 0) is 56.9 Å². The van der Waals surface area contributed by atoms with Crippen molar-refractivity contribution in [2.24, 2.45) is 0 Å². The molecule has 2 heteroatoms. The normalized spacial score (nSPS) is 13.3. The van der Waals surface area contributed by atoms with Gasteiger partial charge in [0.15, 0.2) is 0 Å². The second kappa shape index (κ2) is 13.0. The number of hydrogen-bond acceptors (Lipinski definition) is 0. The summed E-state index contributed by atoms with van der Waals surface area (Å²) >= 11 is 0. The van der Waals surface area contributed by atoms with Gasteiger partial charge in [-0.3, -0.25) is 0 Å². The zero-order chi connectivity index (χ0) is 27.8. The highest BCUT2D eigenvalue weighted by Gasteiger charge is 2.42. The first-order chi connectivity index (χ1) is 16.7. The maximum absolute atomic E-state index is 5.75. The molecule has 0 aromatic carbocycles. The second-order valence-corrected chi connectivity index (χ2v) is 22.7. The van der Waals surface area contributed by atoms with Crippen molar-refractivity contribution < 1.29 is 0 Å². The van der Waals surface area contributed by atoms with E-state index in [9.17, 15) is 0 Å². The van der Waals surface area contributed by atoms with Crippen LogP contribution in [0.5, 0.6) is 0 Å². The highest BCUT2D eigenvalue weighted by atomic mass is 28.3. The fourth-order valence-electron chi connectivity index (χ4n) is 6.31. The second-order valence-electron chi connectivity index (χ2n) is 11.6. The van der Waals surface area contributed by atoms with E-state index >= 15 is 0 Å². The van der Waals surface area contributed by atoms with Crippen LogP contribution in [0, 0.1) is 71.3 Å². The third kappa shape index (κ3) is 5.97. The van der Waals surface area contributed by atoms with Crippen LogP contribution in [-0.4, -0.2) is 16.1 Å². The van der Waals surface area contributed by atoms with Crippen molar-refractivity contribution >= 4 is 16.1 Å². The molecule has 0 spiro atoms. The largest absolute Gasteiger partial charge is 0.147 e. The molecule has 0 aliphatic heterocycles. The smallest absolute Gasteiger partial charge is 0.116 e. The fourth-order valence-corrected chi connectivity index (χ4v) is 16.6. The minimum Gasteiger partial charge on any atom is -0.116 e. The Labute approximate surface area is 225 Å². The molecule has 36 heavy (non-hydrogen) atoms. The highest BCUT2D eigenvalue weighted by molar-refractivity contribution is 6.91. The van der Waals surface area contributed by atoms with Crippen molar-refractivity contribution in [2.75, 3.05) is 0 Å². The van der Waals surface area contributed by atoms with Gasteiger partial charge in [0, 0.05) is 0 Å². The fraction of sp³-hybridized carbons (Fsp3) is 0.529. The number of rotatable bonds is 6. The lowest BCUT2D eigenvalue weighted by Gasteiger charge is -2.37. The Morgan fingerprint density at radius 3 is 0.861 bits per heavy atom. The Morgan fingerprint density at radius 2 is 0.667 bits per heavy atom. The molecule has 1 rings (SSSR count).